The third-order valence-corrected chi connectivity index (χ3v) is 1.30. The Bertz CT molecular complexity index is 103. The minimum atomic E-state index is 0.762. The van der Waals surface area contributed by atoms with Gasteiger partial charge in [-0.15, -0.1) is 0 Å². The molecule has 0 unspecified atom stereocenters. The van der Waals surface area contributed by atoms with Gasteiger partial charge in [0.1, 0.15) is 6.67 Å². The maximum Gasteiger partial charge on any atom is 0.106 e. The molecule has 3 heteroatoms. The Hall–Kier alpha value is -0.370. The van der Waals surface area contributed by atoms with E-state index in [1.165, 1.54) is 4.42 Å². The lowest BCUT2D eigenvalue weighted by atomic mass is 10.6. The zero-order valence-electron chi connectivity index (χ0n) is 4.76. The largest absolute Gasteiger partial charge is 0.357 e. The standard InChI is InChI=1S/C5H8ClN2/c1-2-7-3-4-8(6)5-7/h3H,2,5H2,1H3. The second-order valence-electron chi connectivity index (χ2n) is 1.67. The summed E-state index contributed by atoms with van der Waals surface area (Å²) in [4.78, 5) is 2.06. The van der Waals surface area contributed by atoms with E-state index in [-0.39, 0.29) is 0 Å². The molecule has 0 aromatic heterocycles. The Kier molecular flexibility index (Phi) is 1.63. The Morgan fingerprint density at radius 2 is 2.62 bits per heavy atom. The molecule has 1 aliphatic heterocycles. The minimum absolute atomic E-state index is 0.762. The van der Waals surface area contributed by atoms with Gasteiger partial charge in [0.25, 0.3) is 0 Å². The molecule has 0 fully saturated rings. The van der Waals surface area contributed by atoms with Crippen molar-refractivity contribution in [3.63, 3.8) is 0 Å². The summed E-state index contributed by atoms with van der Waals surface area (Å²) in [6, 6.07) is 0. The summed E-state index contributed by atoms with van der Waals surface area (Å²) >= 11 is 5.53. The minimum Gasteiger partial charge on any atom is -0.357 e. The van der Waals surface area contributed by atoms with E-state index < -0.39 is 0 Å². The van der Waals surface area contributed by atoms with E-state index in [0.717, 1.165) is 13.2 Å². The van der Waals surface area contributed by atoms with Gasteiger partial charge >= 0.3 is 0 Å². The zero-order chi connectivity index (χ0) is 5.98. The van der Waals surface area contributed by atoms with Crippen molar-refractivity contribution in [2.75, 3.05) is 13.2 Å². The molecule has 0 aromatic carbocycles. The van der Waals surface area contributed by atoms with E-state index in [1.807, 2.05) is 6.20 Å². The van der Waals surface area contributed by atoms with Gasteiger partial charge in [0, 0.05) is 24.5 Å². The van der Waals surface area contributed by atoms with Gasteiger partial charge < -0.3 is 4.90 Å². The molecule has 0 amide bonds. The predicted octanol–water partition coefficient (Wildman–Crippen LogP) is 1.01. The van der Waals surface area contributed by atoms with Crippen molar-refractivity contribution in [3.8, 4) is 0 Å². The highest BCUT2D eigenvalue weighted by Gasteiger charge is 2.06. The molecule has 1 heterocycles. The quantitative estimate of drug-likeness (QED) is 0.490. The van der Waals surface area contributed by atoms with Gasteiger partial charge in [0.2, 0.25) is 0 Å². The van der Waals surface area contributed by atoms with Gasteiger partial charge in [0.05, 0.1) is 6.20 Å². The van der Waals surface area contributed by atoms with Crippen molar-refractivity contribution < 1.29 is 0 Å². The molecule has 0 aromatic rings. The number of halogens is 1. The van der Waals surface area contributed by atoms with Gasteiger partial charge in [-0.3, -0.25) is 4.42 Å². The number of hydrogen-bond donors (Lipinski definition) is 0. The zero-order valence-corrected chi connectivity index (χ0v) is 5.52. The van der Waals surface area contributed by atoms with Crippen molar-refractivity contribution >= 4 is 11.8 Å². The summed E-state index contributed by atoms with van der Waals surface area (Å²) < 4.78 is 1.50. The average Bonchev–Trinajstić information content (AvgIpc) is 2.14. The Balaban J connectivity index is 2.34. The second kappa shape index (κ2) is 2.27. The van der Waals surface area contributed by atoms with Crippen LogP contribution in [0.1, 0.15) is 6.92 Å². The van der Waals surface area contributed by atoms with Crippen LogP contribution in [0.15, 0.2) is 6.20 Å². The first-order valence-electron chi connectivity index (χ1n) is 2.60. The molecule has 0 spiro atoms. The van der Waals surface area contributed by atoms with Crippen molar-refractivity contribution in [1.82, 2.24) is 9.32 Å². The van der Waals surface area contributed by atoms with E-state index in [9.17, 15) is 0 Å². The fourth-order valence-electron chi connectivity index (χ4n) is 0.577. The SMILES string of the molecule is CCN1C=[C]N(Cl)C1. The van der Waals surface area contributed by atoms with Crippen LogP contribution in [-0.2, 0) is 0 Å². The molecule has 2 nitrogen and oxygen atoms in total. The highest BCUT2D eigenvalue weighted by Crippen LogP contribution is 2.05. The molecule has 0 bridgehead atoms. The number of hydrogen-bond acceptors (Lipinski definition) is 2. The summed E-state index contributed by atoms with van der Waals surface area (Å²) in [5.41, 5.74) is 0. The van der Waals surface area contributed by atoms with Crippen LogP contribution in [-0.4, -0.2) is 22.5 Å². The third kappa shape index (κ3) is 1.07. The molecule has 0 aliphatic carbocycles. The molecule has 1 rings (SSSR count). The highest BCUT2D eigenvalue weighted by atomic mass is 35.5. The van der Waals surface area contributed by atoms with E-state index in [1.54, 1.807) is 0 Å². The van der Waals surface area contributed by atoms with Crippen molar-refractivity contribution in [2.45, 2.75) is 6.92 Å². The van der Waals surface area contributed by atoms with Gasteiger partial charge in [-0.1, -0.05) is 0 Å². The van der Waals surface area contributed by atoms with E-state index in [2.05, 4.69) is 18.0 Å². The van der Waals surface area contributed by atoms with Crippen LogP contribution < -0.4 is 0 Å². The van der Waals surface area contributed by atoms with E-state index in [0.29, 0.717) is 0 Å². The summed E-state index contributed by atoms with van der Waals surface area (Å²) in [5.74, 6) is 0. The molecule has 0 saturated carbocycles. The molecular formula is C5H8ClN2. The van der Waals surface area contributed by atoms with E-state index >= 15 is 0 Å². The summed E-state index contributed by atoms with van der Waals surface area (Å²) in [7, 11) is 0. The molecule has 8 heavy (non-hydrogen) atoms. The van der Waals surface area contributed by atoms with Gasteiger partial charge in [-0.25, -0.2) is 0 Å². The van der Waals surface area contributed by atoms with Crippen molar-refractivity contribution in [2.24, 2.45) is 0 Å². The summed E-state index contributed by atoms with van der Waals surface area (Å²) in [6.45, 7) is 3.84. The topological polar surface area (TPSA) is 6.48 Å². The molecular weight excluding hydrogens is 124 g/mol. The maximum atomic E-state index is 5.53. The molecule has 0 atom stereocenters. The number of nitrogens with zero attached hydrogens (tertiary/aromatic N) is 2. The lowest BCUT2D eigenvalue weighted by molar-refractivity contribution is 0.355. The fourth-order valence-corrected chi connectivity index (χ4v) is 0.758. The van der Waals surface area contributed by atoms with E-state index in [4.69, 9.17) is 11.8 Å². The molecule has 45 valence electrons. The monoisotopic (exact) mass is 131 g/mol. The normalized spacial score (nSPS) is 18.2. The Labute approximate surface area is 54.4 Å². The third-order valence-electron chi connectivity index (χ3n) is 1.09. The van der Waals surface area contributed by atoms with Crippen LogP contribution in [0.5, 0.6) is 0 Å². The lowest BCUT2D eigenvalue weighted by Crippen LogP contribution is -2.18. The highest BCUT2D eigenvalue weighted by molar-refractivity contribution is 6.13. The van der Waals surface area contributed by atoms with Crippen LogP contribution in [0.25, 0.3) is 0 Å². The summed E-state index contributed by atoms with van der Waals surface area (Å²) in [6.07, 6.45) is 4.67. The number of rotatable bonds is 1. The smallest absolute Gasteiger partial charge is 0.106 e. The first kappa shape index (κ1) is 5.76. The van der Waals surface area contributed by atoms with Gasteiger partial charge in [-0.2, -0.15) is 0 Å². The lowest BCUT2D eigenvalue weighted by Gasteiger charge is -2.12. The average molecular weight is 132 g/mol. The maximum absolute atomic E-state index is 5.53. The molecule has 1 aliphatic rings. The first-order valence-corrected chi connectivity index (χ1v) is 2.93. The molecule has 0 saturated heterocycles. The van der Waals surface area contributed by atoms with Crippen molar-refractivity contribution in [1.29, 1.82) is 0 Å². The van der Waals surface area contributed by atoms with Gasteiger partial charge in [-0.05, 0) is 6.92 Å². The van der Waals surface area contributed by atoms with Crippen LogP contribution >= 0.6 is 11.8 Å². The Morgan fingerprint density at radius 3 is 2.88 bits per heavy atom. The van der Waals surface area contributed by atoms with Crippen LogP contribution in [0.3, 0.4) is 0 Å². The van der Waals surface area contributed by atoms with Crippen molar-refractivity contribution in [3.05, 3.63) is 12.4 Å². The fraction of sp³-hybridized carbons (Fsp3) is 0.600. The predicted molar refractivity (Wildman–Crippen MR) is 32.8 cm³/mol. The molecule has 1 radical (unpaired) electrons. The van der Waals surface area contributed by atoms with Gasteiger partial charge in [0.15, 0.2) is 0 Å². The first-order chi connectivity index (χ1) is 3.83. The van der Waals surface area contributed by atoms with Crippen LogP contribution in [0, 0.1) is 6.20 Å². The Morgan fingerprint density at radius 1 is 1.88 bits per heavy atom. The summed E-state index contributed by atoms with van der Waals surface area (Å²) in [5, 5.41) is 0. The van der Waals surface area contributed by atoms with Crippen LogP contribution in [0.2, 0.25) is 0 Å². The molecule has 0 N–H and O–H groups in total. The second-order valence-corrected chi connectivity index (χ2v) is 2.07. The van der Waals surface area contributed by atoms with Crippen LogP contribution in [0.4, 0.5) is 0 Å².